The summed E-state index contributed by atoms with van der Waals surface area (Å²) < 4.78 is 5.15. The Bertz CT molecular complexity index is 497. The van der Waals surface area contributed by atoms with Gasteiger partial charge in [-0.05, 0) is 35.5 Å². The molecule has 1 aromatic carbocycles. The molecule has 0 spiro atoms. The molecule has 0 unspecified atom stereocenters. The fraction of sp³-hybridized carbons (Fsp3) is 0.591. The van der Waals surface area contributed by atoms with Crippen molar-refractivity contribution in [3.63, 3.8) is 0 Å². The number of unbranched alkanes of at least 4 members (excludes halogenated alkanes) is 5. The molecule has 1 aromatic rings. The molecule has 0 aliphatic heterocycles. The van der Waals surface area contributed by atoms with Gasteiger partial charge in [0.05, 0.1) is 0 Å². The van der Waals surface area contributed by atoms with Crippen molar-refractivity contribution in [3.05, 3.63) is 41.0 Å². The number of esters is 1. The van der Waals surface area contributed by atoms with E-state index >= 15 is 0 Å². The van der Waals surface area contributed by atoms with Crippen molar-refractivity contribution in [2.75, 3.05) is 6.61 Å². The number of aryl methyl sites for hydroxylation is 1. The Morgan fingerprint density at radius 3 is 2.25 bits per heavy atom. The fourth-order valence-electron chi connectivity index (χ4n) is 2.66. The summed E-state index contributed by atoms with van der Waals surface area (Å²) in [6.45, 7) is 8.35. The second-order valence-electron chi connectivity index (χ2n) is 6.91. The summed E-state index contributed by atoms with van der Waals surface area (Å²) in [6, 6.07) is 8.79. The van der Waals surface area contributed by atoms with Crippen LogP contribution in [0.4, 0.5) is 0 Å². The maximum Gasteiger partial charge on any atom is 0.302 e. The van der Waals surface area contributed by atoms with E-state index in [9.17, 15) is 4.79 Å². The van der Waals surface area contributed by atoms with E-state index in [0.29, 0.717) is 12.5 Å². The lowest BCUT2D eigenvalue weighted by molar-refractivity contribution is -0.140. The summed E-state index contributed by atoms with van der Waals surface area (Å²) >= 11 is 0. The summed E-state index contributed by atoms with van der Waals surface area (Å²) in [5.41, 5.74) is 3.74. The molecule has 0 radical (unpaired) electrons. The zero-order valence-electron chi connectivity index (χ0n) is 15.9. The van der Waals surface area contributed by atoms with E-state index in [0.717, 1.165) is 5.57 Å². The fourth-order valence-corrected chi connectivity index (χ4v) is 2.66. The Hall–Kier alpha value is -1.57. The third-order valence-electron chi connectivity index (χ3n) is 4.33. The minimum atomic E-state index is -0.226. The molecule has 0 saturated carbocycles. The summed E-state index contributed by atoms with van der Waals surface area (Å²) in [5, 5.41) is 0. The number of rotatable bonds is 11. The summed E-state index contributed by atoms with van der Waals surface area (Å²) in [7, 11) is 0. The van der Waals surface area contributed by atoms with E-state index in [1.165, 1.54) is 63.0 Å². The van der Waals surface area contributed by atoms with Crippen LogP contribution in [-0.4, -0.2) is 12.6 Å². The van der Waals surface area contributed by atoms with E-state index in [1.807, 2.05) is 0 Å². The van der Waals surface area contributed by atoms with Gasteiger partial charge in [0, 0.05) is 6.92 Å². The lowest BCUT2D eigenvalue weighted by atomic mass is 9.99. The van der Waals surface area contributed by atoms with Gasteiger partial charge in [0.2, 0.25) is 0 Å². The Morgan fingerprint density at radius 1 is 1.04 bits per heavy atom. The molecule has 134 valence electrons. The average molecular weight is 331 g/mol. The largest absolute Gasteiger partial charge is 0.461 e. The van der Waals surface area contributed by atoms with Gasteiger partial charge in [-0.2, -0.15) is 0 Å². The molecule has 2 heteroatoms. The number of ether oxygens (including phenoxy) is 1. The molecule has 0 fully saturated rings. The number of benzene rings is 1. The number of hydrogen-bond donors (Lipinski definition) is 0. The highest BCUT2D eigenvalue weighted by Gasteiger charge is 2.06. The molecular formula is C22H34O2. The second kappa shape index (κ2) is 11.9. The normalized spacial score (nSPS) is 11.8. The number of hydrogen-bond acceptors (Lipinski definition) is 2. The Balaban J connectivity index is 2.49. The van der Waals surface area contributed by atoms with Crippen LogP contribution in [0.15, 0.2) is 29.8 Å². The van der Waals surface area contributed by atoms with Crippen molar-refractivity contribution in [1.82, 2.24) is 0 Å². The standard InChI is InChI=1S/C22H34O2/c1-5-6-7-8-9-10-11-20-12-14-21(15-13-20)16-22(18(2)3)17-24-19(4)23/h12-16,18H,5-11,17H2,1-4H3. The van der Waals surface area contributed by atoms with Crippen LogP contribution in [0.3, 0.4) is 0 Å². The molecule has 0 saturated heterocycles. The van der Waals surface area contributed by atoms with Gasteiger partial charge in [0.15, 0.2) is 0 Å². The maximum atomic E-state index is 11.0. The highest BCUT2D eigenvalue weighted by atomic mass is 16.5. The highest BCUT2D eigenvalue weighted by molar-refractivity contribution is 5.66. The molecule has 1 rings (SSSR count). The van der Waals surface area contributed by atoms with Crippen molar-refractivity contribution in [2.24, 2.45) is 5.92 Å². The topological polar surface area (TPSA) is 26.3 Å². The van der Waals surface area contributed by atoms with Gasteiger partial charge in [-0.15, -0.1) is 0 Å². The number of carbonyl (C=O) groups excluding carboxylic acids is 1. The molecule has 0 amide bonds. The monoisotopic (exact) mass is 330 g/mol. The van der Waals surface area contributed by atoms with E-state index in [-0.39, 0.29) is 5.97 Å². The number of carbonyl (C=O) groups is 1. The van der Waals surface area contributed by atoms with E-state index in [2.05, 4.69) is 51.1 Å². The first kappa shape index (κ1) is 20.5. The third-order valence-corrected chi connectivity index (χ3v) is 4.33. The Morgan fingerprint density at radius 2 is 1.67 bits per heavy atom. The second-order valence-corrected chi connectivity index (χ2v) is 6.91. The lowest BCUT2D eigenvalue weighted by Gasteiger charge is -2.11. The maximum absolute atomic E-state index is 11.0. The van der Waals surface area contributed by atoms with Gasteiger partial charge >= 0.3 is 5.97 Å². The van der Waals surface area contributed by atoms with Crippen molar-refractivity contribution in [3.8, 4) is 0 Å². The molecule has 0 atom stereocenters. The minimum Gasteiger partial charge on any atom is -0.461 e. The Kier molecular flexibility index (Phi) is 10.1. The van der Waals surface area contributed by atoms with Gasteiger partial charge in [0.25, 0.3) is 0 Å². The molecule has 0 aliphatic rings. The predicted molar refractivity (Wildman–Crippen MR) is 103 cm³/mol. The first-order valence-electron chi connectivity index (χ1n) is 9.45. The van der Waals surface area contributed by atoms with Crippen molar-refractivity contribution < 1.29 is 9.53 Å². The van der Waals surface area contributed by atoms with Crippen LogP contribution in [0.1, 0.15) is 77.3 Å². The summed E-state index contributed by atoms with van der Waals surface area (Å²) in [6.07, 6.45) is 11.3. The van der Waals surface area contributed by atoms with Gasteiger partial charge < -0.3 is 4.74 Å². The van der Waals surface area contributed by atoms with Gasteiger partial charge in [0.1, 0.15) is 6.61 Å². The first-order chi connectivity index (χ1) is 11.5. The highest BCUT2D eigenvalue weighted by Crippen LogP contribution is 2.17. The smallest absolute Gasteiger partial charge is 0.302 e. The zero-order valence-corrected chi connectivity index (χ0v) is 15.9. The van der Waals surface area contributed by atoms with Crippen molar-refractivity contribution in [1.29, 1.82) is 0 Å². The van der Waals surface area contributed by atoms with Crippen LogP contribution in [0.5, 0.6) is 0 Å². The molecule has 0 bridgehead atoms. The van der Waals surface area contributed by atoms with Gasteiger partial charge in [-0.1, -0.05) is 83.2 Å². The van der Waals surface area contributed by atoms with Gasteiger partial charge in [-0.3, -0.25) is 4.79 Å². The molecule has 0 N–H and O–H groups in total. The van der Waals surface area contributed by atoms with E-state index in [1.54, 1.807) is 0 Å². The predicted octanol–water partition coefficient (Wildman–Crippen LogP) is 6.19. The SMILES string of the molecule is CCCCCCCCc1ccc(C=C(COC(C)=O)C(C)C)cc1. The quantitative estimate of drug-likeness (QED) is 0.357. The molecule has 0 heterocycles. The summed E-state index contributed by atoms with van der Waals surface area (Å²) in [5.74, 6) is 0.142. The third kappa shape index (κ3) is 8.90. The molecule has 0 aliphatic carbocycles. The van der Waals surface area contributed by atoms with E-state index < -0.39 is 0 Å². The molecular weight excluding hydrogens is 296 g/mol. The van der Waals surface area contributed by atoms with Crippen LogP contribution >= 0.6 is 0 Å². The van der Waals surface area contributed by atoms with E-state index in [4.69, 9.17) is 4.74 Å². The van der Waals surface area contributed by atoms with Gasteiger partial charge in [-0.25, -0.2) is 0 Å². The van der Waals surface area contributed by atoms with Crippen molar-refractivity contribution in [2.45, 2.75) is 72.6 Å². The molecule has 2 nitrogen and oxygen atoms in total. The first-order valence-corrected chi connectivity index (χ1v) is 9.45. The molecule has 0 aromatic heterocycles. The van der Waals surface area contributed by atoms with Crippen LogP contribution < -0.4 is 0 Å². The van der Waals surface area contributed by atoms with Crippen LogP contribution in [0, 0.1) is 5.92 Å². The minimum absolute atomic E-state index is 0.226. The lowest BCUT2D eigenvalue weighted by Crippen LogP contribution is -2.07. The summed E-state index contributed by atoms with van der Waals surface area (Å²) in [4.78, 5) is 11.0. The zero-order chi connectivity index (χ0) is 17.8. The average Bonchev–Trinajstić information content (AvgIpc) is 2.55. The van der Waals surface area contributed by atoms with Crippen LogP contribution in [0.25, 0.3) is 6.08 Å². The van der Waals surface area contributed by atoms with Crippen LogP contribution in [-0.2, 0) is 16.0 Å². The molecule has 24 heavy (non-hydrogen) atoms. The van der Waals surface area contributed by atoms with Crippen molar-refractivity contribution >= 4 is 12.0 Å². The Labute approximate surface area is 148 Å². The van der Waals surface area contributed by atoms with Crippen LogP contribution in [0.2, 0.25) is 0 Å².